The average molecular weight is 505 g/mol. The van der Waals surface area contributed by atoms with Crippen LogP contribution in [0.25, 0.3) is 10.2 Å². The predicted octanol–water partition coefficient (Wildman–Crippen LogP) is 4.85. The van der Waals surface area contributed by atoms with Gasteiger partial charge in [-0.2, -0.15) is 11.8 Å². The summed E-state index contributed by atoms with van der Waals surface area (Å²) in [4.78, 5) is 22.0. The lowest BCUT2D eigenvalue weighted by Crippen LogP contribution is -2.11. The molecule has 0 aliphatic carbocycles. The van der Waals surface area contributed by atoms with Crippen LogP contribution in [-0.4, -0.2) is 50.3 Å². The largest absolute Gasteiger partial charge is 0.361 e. The fourth-order valence-electron chi connectivity index (χ4n) is 3.20. The first-order valence-electron chi connectivity index (χ1n) is 10.1. The van der Waals surface area contributed by atoms with Gasteiger partial charge in [0.25, 0.3) is 0 Å². The van der Waals surface area contributed by atoms with Crippen LogP contribution in [0.2, 0.25) is 0 Å². The van der Waals surface area contributed by atoms with Crippen LogP contribution in [0, 0.1) is 0 Å². The van der Waals surface area contributed by atoms with Gasteiger partial charge < -0.3 is 10.6 Å². The summed E-state index contributed by atoms with van der Waals surface area (Å²) in [6.45, 7) is 0.771. The molecule has 1 aliphatic heterocycles. The van der Waals surface area contributed by atoms with Gasteiger partial charge in [0.15, 0.2) is 10.3 Å². The third kappa shape index (κ3) is 5.92. The summed E-state index contributed by atoms with van der Waals surface area (Å²) < 4.78 is 12.7. The van der Waals surface area contributed by atoms with E-state index in [2.05, 4.69) is 32.7 Å². The number of hydrogen-bond donors (Lipinski definition) is 2. The predicted molar refractivity (Wildman–Crippen MR) is 141 cm³/mol. The van der Waals surface area contributed by atoms with Gasteiger partial charge in [-0.05, 0) is 72.5 Å². The van der Waals surface area contributed by atoms with Gasteiger partial charge in [0.05, 0.1) is 10.2 Å². The first-order valence-corrected chi connectivity index (χ1v) is 14.7. The van der Waals surface area contributed by atoms with Crippen LogP contribution in [0.15, 0.2) is 52.4 Å². The molecule has 168 valence electrons. The molecule has 3 aromatic rings. The number of nitrogens with one attached hydrogen (secondary N) is 2. The Morgan fingerprint density at radius 1 is 1.19 bits per heavy atom. The van der Waals surface area contributed by atoms with E-state index in [9.17, 15) is 9.00 Å². The Bertz CT molecular complexity index is 1160. The minimum atomic E-state index is -0.988. The number of thioether (sulfide) groups is 2. The number of aromatic nitrogens is 1. The summed E-state index contributed by atoms with van der Waals surface area (Å²) in [7, 11) is -0.988. The van der Waals surface area contributed by atoms with Crippen molar-refractivity contribution in [3.63, 3.8) is 0 Å². The Morgan fingerprint density at radius 2 is 2.00 bits per heavy atom. The maximum absolute atomic E-state index is 12.0. The van der Waals surface area contributed by atoms with Crippen LogP contribution in [-0.2, 0) is 22.0 Å². The Balaban J connectivity index is 1.28. The molecule has 0 radical (unpaired) electrons. The van der Waals surface area contributed by atoms with E-state index in [0.717, 1.165) is 51.1 Å². The molecule has 0 fully saturated rings. The highest BCUT2D eigenvalue weighted by molar-refractivity contribution is 8.27. The number of nitrogens with zero attached hydrogens (tertiary/aromatic N) is 2. The summed E-state index contributed by atoms with van der Waals surface area (Å²) in [6, 6.07) is 13.7. The molecule has 2 heterocycles. The third-order valence-electron chi connectivity index (χ3n) is 4.92. The molecular weight excluding hydrogens is 481 g/mol. The highest BCUT2D eigenvalue weighted by atomic mass is 32.2. The number of benzene rings is 2. The average Bonchev–Trinajstić information content (AvgIpc) is 3.35. The highest BCUT2D eigenvalue weighted by Gasteiger charge is 2.27. The van der Waals surface area contributed by atoms with Gasteiger partial charge in [0.1, 0.15) is 6.04 Å². The van der Waals surface area contributed by atoms with Crippen LogP contribution in [0.1, 0.15) is 12.0 Å². The van der Waals surface area contributed by atoms with Crippen molar-refractivity contribution in [2.75, 3.05) is 35.4 Å². The number of aliphatic imine (C=N–C) groups is 1. The van der Waals surface area contributed by atoms with Gasteiger partial charge in [-0.15, -0.1) is 0 Å². The molecule has 1 aliphatic rings. The number of anilines is 2. The zero-order chi connectivity index (χ0) is 22.5. The Kier molecular flexibility index (Phi) is 7.88. The fourth-order valence-corrected chi connectivity index (χ4v) is 6.06. The molecule has 0 saturated carbocycles. The molecule has 1 unspecified atom stereocenters. The first-order chi connectivity index (χ1) is 15.5. The maximum Gasteiger partial charge on any atom is 0.221 e. The van der Waals surface area contributed by atoms with Crippen LogP contribution < -0.4 is 10.6 Å². The lowest BCUT2D eigenvalue weighted by atomic mass is 10.1. The molecule has 2 N–H and O–H groups in total. The van der Waals surface area contributed by atoms with E-state index in [4.69, 9.17) is 0 Å². The van der Waals surface area contributed by atoms with Crippen LogP contribution >= 0.6 is 34.9 Å². The zero-order valence-electron chi connectivity index (χ0n) is 17.8. The van der Waals surface area contributed by atoms with Crippen molar-refractivity contribution in [3.05, 3.63) is 48.0 Å². The number of rotatable bonds is 9. The Labute approximate surface area is 202 Å². The number of carbonyl (C=O) groups is 1. The minimum Gasteiger partial charge on any atom is -0.361 e. The van der Waals surface area contributed by atoms with Gasteiger partial charge >= 0.3 is 0 Å². The van der Waals surface area contributed by atoms with E-state index in [1.807, 2.05) is 36.6 Å². The van der Waals surface area contributed by atoms with Gasteiger partial charge in [0, 0.05) is 34.2 Å². The minimum absolute atomic E-state index is 0.123. The molecule has 0 amide bonds. The second-order valence-corrected chi connectivity index (χ2v) is 11.6. The van der Waals surface area contributed by atoms with Crippen LogP contribution in [0.5, 0.6) is 0 Å². The monoisotopic (exact) mass is 504 g/mol. The molecule has 4 rings (SSSR count). The lowest BCUT2D eigenvalue weighted by Gasteiger charge is -2.07. The Hall–Kier alpha value is -1.88. The quantitative estimate of drug-likeness (QED) is 0.431. The second-order valence-electron chi connectivity index (χ2n) is 7.25. The summed E-state index contributed by atoms with van der Waals surface area (Å²) >= 11 is 4.51. The first kappa shape index (κ1) is 23.3. The number of fused-ring (bicyclic) bond motifs is 1. The zero-order valence-corrected chi connectivity index (χ0v) is 21.1. The molecule has 10 heteroatoms. The van der Waals surface area contributed by atoms with Crippen molar-refractivity contribution in [3.8, 4) is 0 Å². The normalized spacial score (nSPS) is 16.9. The van der Waals surface area contributed by atoms with E-state index in [1.54, 1.807) is 29.4 Å². The van der Waals surface area contributed by atoms with Crippen molar-refractivity contribution < 1.29 is 9.00 Å². The maximum atomic E-state index is 12.0. The van der Waals surface area contributed by atoms with Gasteiger partial charge in [-0.25, -0.2) is 9.98 Å². The molecular formula is C22H24N4O2S4. The molecule has 0 spiro atoms. The van der Waals surface area contributed by atoms with E-state index in [-0.39, 0.29) is 11.2 Å². The van der Waals surface area contributed by atoms with Crippen LogP contribution in [0.4, 0.5) is 10.8 Å². The second kappa shape index (κ2) is 10.8. The smallest absolute Gasteiger partial charge is 0.221 e. The number of hydrogen-bond acceptors (Lipinski definition) is 9. The third-order valence-corrected chi connectivity index (χ3v) is 8.34. The topological polar surface area (TPSA) is 83.4 Å². The summed E-state index contributed by atoms with van der Waals surface area (Å²) in [5.41, 5.74) is 3.06. The van der Waals surface area contributed by atoms with Crippen molar-refractivity contribution in [2.24, 2.45) is 4.99 Å². The summed E-state index contributed by atoms with van der Waals surface area (Å²) in [5, 5.41) is 8.31. The van der Waals surface area contributed by atoms with Crippen LogP contribution in [0.3, 0.4) is 0 Å². The van der Waals surface area contributed by atoms with E-state index in [0.29, 0.717) is 5.17 Å². The van der Waals surface area contributed by atoms with Gasteiger partial charge in [-0.1, -0.05) is 23.5 Å². The highest BCUT2D eigenvalue weighted by Crippen LogP contribution is 2.28. The standard InChI is InChI=1S/C22H24N4O2S4/c1-29-12-10-18-20(27)31-22(26-18)24-15-5-3-14(4-6-15)9-11-23-21-25-17-8-7-16(32(2)28)13-19(17)30-21/h3-8,13,18H,9-12H2,1-2H3,(H,23,25)(H,24,26)/t18-,32?/m0/s1. The van der Waals surface area contributed by atoms with Gasteiger partial charge in [0.2, 0.25) is 5.12 Å². The van der Waals surface area contributed by atoms with Crippen molar-refractivity contribution in [1.29, 1.82) is 0 Å². The summed E-state index contributed by atoms with van der Waals surface area (Å²) in [6.07, 6.45) is 5.38. The molecule has 0 saturated heterocycles. The number of thiazole rings is 1. The molecule has 1 aromatic heterocycles. The molecule has 32 heavy (non-hydrogen) atoms. The van der Waals surface area contributed by atoms with Crippen molar-refractivity contribution in [1.82, 2.24) is 4.98 Å². The fraction of sp³-hybridized carbons (Fsp3) is 0.318. The van der Waals surface area contributed by atoms with E-state index >= 15 is 0 Å². The van der Waals surface area contributed by atoms with E-state index < -0.39 is 10.8 Å². The molecule has 0 bridgehead atoms. The molecule has 2 aromatic carbocycles. The molecule has 2 atom stereocenters. The van der Waals surface area contributed by atoms with Crippen molar-refractivity contribution >= 4 is 77.0 Å². The Morgan fingerprint density at radius 3 is 2.75 bits per heavy atom. The summed E-state index contributed by atoms with van der Waals surface area (Å²) in [5.74, 6) is 0.939. The van der Waals surface area contributed by atoms with E-state index in [1.165, 1.54) is 17.3 Å². The lowest BCUT2D eigenvalue weighted by molar-refractivity contribution is -0.111. The number of amidine groups is 1. The molecule has 6 nitrogen and oxygen atoms in total. The van der Waals surface area contributed by atoms with Crippen molar-refractivity contribution in [2.45, 2.75) is 23.8 Å². The van der Waals surface area contributed by atoms with Gasteiger partial charge in [-0.3, -0.25) is 9.00 Å². The SMILES string of the molecule is CSCC[C@@H]1N=C(Nc2ccc(CCNc3nc4ccc(S(C)=O)cc4s3)cc2)SC1=O. The number of carbonyl (C=O) groups excluding carboxylic acids is 1.